The number of benzene rings is 1. The van der Waals surface area contributed by atoms with Crippen molar-refractivity contribution in [1.82, 2.24) is 10.2 Å². The van der Waals surface area contributed by atoms with Crippen LogP contribution in [-0.4, -0.2) is 61.1 Å². The Kier molecular flexibility index (Phi) is 5.72. The highest BCUT2D eigenvalue weighted by Gasteiger charge is 2.30. The van der Waals surface area contributed by atoms with Crippen molar-refractivity contribution < 1.29 is 23.9 Å². The van der Waals surface area contributed by atoms with Gasteiger partial charge in [0, 0.05) is 25.1 Å². The van der Waals surface area contributed by atoms with Gasteiger partial charge in [-0.1, -0.05) is 0 Å². The standard InChI is InChI=1S/C18H23N3O5/c19-18(24)12-3-5-13(6-4-12)26-15-11-25-9-7-14(15)20-16(22)10-21-8-1-2-17(21)23/h3-6,14-15H,1-2,7-11H2,(H2,19,24)(H,20,22)/t14-,15-/m1/s1. The van der Waals surface area contributed by atoms with Crippen LogP contribution in [0.2, 0.25) is 0 Å². The summed E-state index contributed by atoms with van der Waals surface area (Å²) >= 11 is 0. The van der Waals surface area contributed by atoms with Crippen molar-refractivity contribution >= 4 is 17.7 Å². The average molecular weight is 361 g/mol. The van der Waals surface area contributed by atoms with Gasteiger partial charge in [0.1, 0.15) is 11.9 Å². The van der Waals surface area contributed by atoms with E-state index in [0.29, 0.717) is 43.9 Å². The van der Waals surface area contributed by atoms with Crippen LogP contribution in [0.5, 0.6) is 5.75 Å². The first kappa shape index (κ1) is 18.2. The Hall–Kier alpha value is -2.61. The second kappa shape index (κ2) is 8.18. The van der Waals surface area contributed by atoms with Crippen LogP contribution in [0.1, 0.15) is 29.6 Å². The summed E-state index contributed by atoms with van der Waals surface area (Å²) in [5.74, 6) is -0.0992. The summed E-state index contributed by atoms with van der Waals surface area (Å²) in [5, 5.41) is 2.95. The van der Waals surface area contributed by atoms with Crippen molar-refractivity contribution in [2.24, 2.45) is 5.73 Å². The quantitative estimate of drug-likeness (QED) is 0.744. The molecular weight excluding hydrogens is 338 g/mol. The highest BCUT2D eigenvalue weighted by atomic mass is 16.5. The Morgan fingerprint density at radius 2 is 2.08 bits per heavy atom. The molecule has 26 heavy (non-hydrogen) atoms. The number of amides is 3. The molecule has 0 spiro atoms. The number of likely N-dealkylation sites (tertiary alicyclic amines) is 1. The Morgan fingerprint density at radius 1 is 1.31 bits per heavy atom. The third-order valence-electron chi connectivity index (χ3n) is 4.58. The van der Waals surface area contributed by atoms with Crippen LogP contribution >= 0.6 is 0 Å². The number of hydrogen-bond donors (Lipinski definition) is 2. The highest BCUT2D eigenvalue weighted by Crippen LogP contribution is 2.19. The molecule has 0 unspecified atom stereocenters. The molecule has 2 aliphatic rings. The number of carbonyl (C=O) groups is 3. The lowest BCUT2D eigenvalue weighted by Gasteiger charge is -2.32. The van der Waals surface area contributed by atoms with Gasteiger partial charge in [-0.25, -0.2) is 0 Å². The molecule has 0 aromatic heterocycles. The molecule has 2 saturated heterocycles. The number of hydrogen-bond acceptors (Lipinski definition) is 5. The summed E-state index contributed by atoms with van der Waals surface area (Å²) in [6.45, 7) is 1.60. The highest BCUT2D eigenvalue weighted by molar-refractivity contribution is 5.92. The lowest BCUT2D eigenvalue weighted by molar-refractivity contribution is -0.134. The van der Waals surface area contributed by atoms with E-state index < -0.39 is 5.91 Å². The molecule has 3 N–H and O–H groups in total. The summed E-state index contributed by atoms with van der Waals surface area (Å²) in [7, 11) is 0. The molecule has 0 radical (unpaired) electrons. The molecule has 2 aliphatic heterocycles. The minimum Gasteiger partial charge on any atom is -0.486 e. The molecule has 0 aliphatic carbocycles. The van der Waals surface area contributed by atoms with Gasteiger partial charge in [0.25, 0.3) is 0 Å². The van der Waals surface area contributed by atoms with Gasteiger partial charge in [0.15, 0.2) is 0 Å². The zero-order valence-corrected chi connectivity index (χ0v) is 14.5. The molecule has 140 valence electrons. The van der Waals surface area contributed by atoms with Crippen molar-refractivity contribution in [3.63, 3.8) is 0 Å². The number of primary amides is 1. The number of rotatable bonds is 6. The van der Waals surface area contributed by atoms with E-state index in [-0.39, 0.29) is 30.5 Å². The minimum absolute atomic E-state index is 0.0227. The Balaban J connectivity index is 1.57. The average Bonchev–Trinajstić information content (AvgIpc) is 3.02. The predicted molar refractivity (Wildman–Crippen MR) is 92.6 cm³/mol. The monoisotopic (exact) mass is 361 g/mol. The molecule has 8 nitrogen and oxygen atoms in total. The minimum atomic E-state index is -0.501. The van der Waals surface area contributed by atoms with Gasteiger partial charge in [0.05, 0.1) is 19.2 Å². The maximum Gasteiger partial charge on any atom is 0.248 e. The van der Waals surface area contributed by atoms with Crippen LogP contribution in [0.3, 0.4) is 0 Å². The molecule has 0 bridgehead atoms. The van der Waals surface area contributed by atoms with Gasteiger partial charge in [-0.2, -0.15) is 0 Å². The smallest absolute Gasteiger partial charge is 0.248 e. The predicted octanol–water partition coefficient (Wildman–Crippen LogP) is 0.0604. The number of nitrogens with two attached hydrogens (primary N) is 1. The summed E-state index contributed by atoms with van der Waals surface area (Å²) < 4.78 is 11.4. The van der Waals surface area contributed by atoms with E-state index in [2.05, 4.69) is 5.32 Å². The van der Waals surface area contributed by atoms with E-state index in [1.165, 1.54) is 0 Å². The van der Waals surface area contributed by atoms with E-state index in [1.807, 2.05) is 0 Å². The number of ether oxygens (including phenoxy) is 2. The largest absolute Gasteiger partial charge is 0.486 e. The maximum absolute atomic E-state index is 12.3. The van der Waals surface area contributed by atoms with Crippen LogP contribution in [0.4, 0.5) is 0 Å². The number of carbonyl (C=O) groups excluding carboxylic acids is 3. The SMILES string of the molecule is NC(=O)c1ccc(O[C@@H]2COCC[C@H]2NC(=O)CN2CCCC2=O)cc1. The van der Waals surface area contributed by atoms with Crippen LogP contribution in [-0.2, 0) is 14.3 Å². The van der Waals surface area contributed by atoms with Gasteiger partial charge in [0.2, 0.25) is 17.7 Å². The van der Waals surface area contributed by atoms with Crippen LogP contribution in [0.15, 0.2) is 24.3 Å². The normalized spacial score (nSPS) is 22.9. The van der Waals surface area contributed by atoms with E-state index >= 15 is 0 Å². The Morgan fingerprint density at radius 3 is 2.73 bits per heavy atom. The maximum atomic E-state index is 12.3. The topological polar surface area (TPSA) is 111 Å². The van der Waals surface area contributed by atoms with Crippen LogP contribution in [0.25, 0.3) is 0 Å². The molecule has 2 heterocycles. The van der Waals surface area contributed by atoms with Crippen molar-refractivity contribution in [3.05, 3.63) is 29.8 Å². The first-order chi connectivity index (χ1) is 12.5. The van der Waals surface area contributed by atoms with Crippen LogP contribution in [0, 0.1) is 0 Å². The molecule has 1 aromatic carbocycles. The summed E-state index contributed by atoms with van der Waals surface area (Å²) in [6.07, 6.45) is 1.60. The molecule has 2 atom stereocenters. The Labute approximate surface area is 151 Å². The molecule has 3 amide bonds. The van der Waals surface area contributed by atoms with E-state index in [0.717, 1.165) is 6.42 Å². The fourth-order valence-electron chi connectivity index (χ4n) is 3.16. The molecule has 8 heteroatoms. The van der Waals surface area contributed by atoms with Crippen molar-refractivity contribution in [2.75, 3.05) is 26.3 Å². The van der Waals surface area contributed by atoms with Crippen molar-refractivity contribution in [2.45, 2.75) is 31.4 Å². The lowest BCUT2D eigenvalue weighted by atomic mass is 10.1. The zero-order chi connectivity index (χ0) is 18.5. The van der Waals surface area contributed by atoms with Gasteiger partial charge < -0.3 is 25.4 Å². The lowest BCUT2D eigenvalue weighted by Crippen LogP contribution is -2.53. The molecule has 0 saturated carbocycles. The summed E-state index contributed by atoms with van der Waals surface area (Å²) in [6, 6.07) is 6.30. The van der Waals surface area contributed by atoms with E-state index in [4.69, 9.17) is 15.2 Å². The van der Waals surface area contributed by atoms with Gasteiger partial charge >= 0.3 is 0 Å². The van der Waals surface area contributed by atoms with Crippen molar-refractivity contribution in [1.29, 1.82) is 0 Å². The number of nitrogens with one attached hydrogen (secondary N) is 1. The Bertz CT molecular complexity index is 676. The molecular formula is C18H23N3O5. The second-order valence-corrected chi connectivity index (χ2v) is 6.50. The summed E-state index contributed by atoms with van der Waals surface area (Å²) in [4.78, 5) is 36.6. The zero-order valence-electron chi connectivity index (χ0n) is 14.5. The second-order valence-electron chi connectivity index (χ2n) is 6.50. The van der Waals surface area contributed by atoms with Gasteiger partial charge in [-0.3, -0.25) is 14.4 Å². The van der Waals surface area contributed by atoms with E-state index in [1.54, 1.807) is 29.2 Å². The fraction of sp³-hybridized carbons (Fsp3) is 0.500. The first-order valence-corrected chi connectivity index (χ1v) is 8.74. The molecule has 2 fully saturated rings. The van der Waals surface area contributed by atoms with Crippen LogP contribution < -0.4 is 15.8 Å². The van der Waals surface area contributed by atoms with Crippen molar-refractivity contribution in [3.8, 4) is 5.75 Å². The first-order valence-electron chi connectivity index (χ1n) is 8.74. The third-order valence-corrected chi connectivity index (χ3v) is 4.58. The molecule has 3 rings (SSSR count). The summed E-state index contributed by atoms with van der Waals surface area (Å²) in [5.41, 5.74) is 5.63. The number of nitrogens with zero attached hydrogens (tertiary/aromatic N) is 1. The fourth-order valence-corrected chi connectivity index (χ4v) is 3.16. The molecule has 1 aromatic rings. The van der Waals surface area contributed by atoms with E-state index in [9.17, 15) is 14.4 Å². The third kappa shape index (κ3) is 4.51. The van der Waals surface area contributed by atoms with Gasteiger partial charge in [-0.05, 0) is 37.1 Å². The van der Waals surface area contributed by atoms with Gasteiger partial charge in [-0.15, -0.1) is 0 Å².